The summed E-state index contributed by atoms with van der Waals surface area (Å²) in [4.78, 5) is 8.94. The molecule has 160 valence electrons. The minimum Gasteiger partial charge on any atom is -0.492 e. The molecule has 0 amide bonds. The molecule has 0 unspecified atom stereocenters. The number of ether oxygens (including phenoxy) is 2. The molecule has 0 bridgehead atoms. The van der Waals surface area contributed by atoms with Gasteiger partial charge in [0.2, 0.25) is 15.9 Å². The number of nitrogens with zero attached hydrogens (tertiary/aromatic N) is 2. The lowest BCUT2D eigenvalue weighted by Crippen LogP contribution is -2.26. The van der Waals surface area contributed by atoms with E-state index in [2.05, 4.69) is 14.7 Å². The standard InChI is InChI=1S/C21H25N3O5S/c1-14(2)21-24-19(16-7-10-18(27-3)22-13-16)20(29-21)15-5-8-17(9-6-15)28-12-11-23-30(4,25)26/h5-10,13-14,23H,11-12H2,1-4H3. The first-order valence-electron chi connectivity index (χ1n) is 9.46. The van der Waals surface area contributed by atoms with Crippen LogP contribution in [0.4, 0.5) is 0 Å². The van der Waals surface area contributed by atoms with Gasteiger partial charge >= 0.3 is 0 Å². The van der Waals surface area contributed by atoms with Gasteiger partial charge in [0.25, 0.3) is 0 Å². The molecule has 1 N–H and O–H groups in total. The zero-order valence-electron chi connectivity index (χ0n) is 17.4. The molecule has 30 heavy (non-hydrogen) atoms. The summed E-state index contributed by atoms with van der Waals surface area (Å²) in [5.74, 6) is 2.58. The Balaban J connectivity index is 1.82. The average Bonchev–Trinajstić information content (AvgIpc) is 3.17. The van der Waals surface area contributed by atoms with Crippen LogP contribution in [0.1, 0.15) is 25.7 Å². The van der Waals surface area contributed by atoms with E-state index in [0.29, 0.717) is 29.0 Å². The molecule has 0 aliphatic carbocycles. The Hall–Kier alpha value is -2.91. The van der Waals surface area contributed by atoms with Crippen LogP contribution in [0.25, 0.3) is 22.6 Å². The molecule has 0 fully saturated rings. The molecule has 8 nitrogen and oxygen atoms in total. The minimum absolute atomic E-state index is 0.133. The van der Waals surface area contributed by atoms with Gasteiger partial charge in [0.05, 0.1) is 13.4 Å². The topological polar surface area (TPSA) is 104 Å². The summed E-state index contributed by atoms with van der Waals surface area (Å²) in [6.45, 7) is 4.48. The minimum atomic E-state index is -3.22. The zero-order valence-corrected chi connectivity index (χ0v) is 18.2. The van der Waals surface area contributed by atoms with Crippen LogP contribution in [0.5, 0.6) is 11.6 Å². The van der Waals surface area contributed by atoms with Crippen LogP contribution in [-0.4, -0.2) is 44.9 Å². The van der Waals surface area contributed by atoms with Crippen LogP contribution in [-0.2, 0) is 10.0 Å². The SMILES string of the molecule is COc1ccc(-c2nc(C(C)C)oc2-c2ccc(OCCNS(C)(=O)=O)cc2)cn1. The van der Waals surface area contributed by atoms with Gasteiger partial charge in [0.1, 0.15) is 18.1 Å². The number of hydrogen-bond donors (Lipinski definition) is 1. The summed E-state index contributed by atoms with van der Waals surface area (Å²) in [7, 11) is -1.65. The van der Waals surface area contributed by atoms with Crippen molar-refractivity contribution >= 4 is 10.0 Å². The maximum absolute atomic E-state index is 11.1. The lowest BCUT2D eigenvalue weighted by atomic mass is 10.1. The second-order valence-electron chi connectivity index (χ2n) is 7.01. The molecule has 0 saturated carbocycles. The molecule has 2 heterocycles. The van der Waals surface area contributed by atoms with Gasteiger partial charge in [-0.15, -0.1) is 0 Å². The number of aromatic nitrogens is 2. The lowest BCUT2D eigenvalue weighted by molar-refractivity contribution is 0.323. The second-order valence-corrected chi connectivity index (χ2v) is 8.85. The number of pyridine rings is 1. The Labute approximate surface area is 176 Å². The first-order chi connectivity index (χ1) is 14.3. The molecule has 9 heteroatoms. The fourth-order valence-corrected chi connectivity index (χ4v) is 3.17. The Morgan fingerprint density at radius 2 is 1.80 bits per heavy atom. The zero-order chi connectivity index (χ0) is 21.7. The van der Waals surface area contributed by atoms with Crippen molar-refractivity contribution in [2.24, 2.45) is 0 Å². The predicted molar refractivity (Wildman–Crippen MR) is 114 cm³/mol. The number of nitrogens with one attached hydrogen (secondary N) is 1. The largest absolute Gasteiger partial charge is 0.492 e. The van der Waals surface area contributed by atoms with Crippen LogP contribution >= 0.6 is 0 Å². The van der Waals surface area contributed by atoms with Crippen molar-refractivity contribution in [3.8, 4) is 34.2 Å². The highest BCUT2D eigenvalue weighted by Crippen LogP contribution is 2.35. The number of hydrogen-bond acceptors (Lipinski definition) is 7. The van der Waals surface area contributed by atoms with E-state index in [4.69, 9.17) is 13.9 Å². The number of sulfonamides is 1. The highest BCUT2D eigenvalue weighted by molar-refractivity contribution is 7.88. The highest BCUT2D eigenvalue weighted by Gasteiger charge is 2.19. The van der Waals surface area contributed by atoms with E-state index in [1.807, 2.05) is 44.2 Å². The monoisotopic (exact) mass is 431 g/mol. The Morgan fingerprint density at radius 3 is 2.37 bits per heavy atom. The third-order valence-corrected chi connectivity index (χ3v) is 4.94. The van der Waals surface area contributed by atoms with E-state index in [9.17, 15) is 8.42 Å². The predicted octanol–water partition coefficient (Wildman–Crippen LogP) is 3.46. The van der Waals surface area contributed by atoms with Crippen LogP contribution in [0.15, 0.2) is 47.0 Å². The van der Waals surface area contributed by atoms with Crippen molar-refractivity contribution in [3.05, 3.63) is 48.5 Å². The van der Waals surface area contributed by atoms with Gasteiger partial charge in [-0.25, -0.2) is 23.1 Å². The lowest BCUT2D eigenvalue weighted by Gasteiger charge is -2.07. The van der Waals surface area contributed by atoms with Crippen molar-refractivity contribution in [2.45, 2.75) is 19.8 Å². The quantitative estimate of drug-likeness (QED) is 0.517. The van der Waals surface area contributed by atoms with Crippen molar-refractivity contribution < 1.29 is 22.3 Å². The van der Waals surface area contributed by atoms with E-state index < -0.39 is 10.0 Å². The van der Waals surface area contributed by atoms with E-state index in [1.54, 1.807) is 19.4 Å². The molecule has 0 radical (unpaired) electrons. The van der Waals surface area contributed by atoms with Crippen LogP contribution in [0.2, 0.25) is 0 Å². The normalized spacial score (nSPS) is 11.6. The summed E-state index contributed by atoms with van der Waals surface area (Å²) in [6.07, 6.45) is 2.82. The van der Waals surface area contributed by atoms with Gasteiger partial charge in [-0.3, -0.25) is 0 Å². The third-order valence-electron chi connectivity index (χ3n) is 4.21. The average molecular weight is 432 g/mol. The Kier molecular flexibility index (Phi) is 6.73. The first-order valence-corrected chi connectivity index (χ1v) is 11.3. The van der Waals surface area contributed by atoms with E-state index >= 15 is 0 Å². The maximum Gasteiger partial charge on any atom is 0.212 e. The van der Waals surface area contributed by atoms with Crippen molar-refractivity contribution in [3.63, 3.8) is 0 Å². The molecule has 1 aromatic carbocycles. The molecule has 0 aliphatic heterocycles. The van der Waals surface area contributed by atoms with Crippen molar-refractivity contribution in [1.82, 2.24) is 14.7 Å². The van der Waals surface area contributed by atoms with Gasteiger partial charge in [0, 0.05) is 35.9 Å². The molecule has 0 atom stereocenters. The van der Waals surface area contributed by atoms with Gasteiger partial charge in [-0.2, -0.15) is 0 Å². The van der Waals surface area contributed by atoms with Crippen LogP contribution in [0.3, 0.4) is 0 Å². The molecule has 3 rings (SSSR count). The molecule has 2 aromatic heterocycles. The van der Waals surface area contributed by atoms with Crippen molar-refractivity contribution in [1.29, 1.82) is 0 Å². The summed E-state index contributed by atoms with van der Waals surface area (Å²) >= 11 is 0. The van der Waals surface area contributed by atoms with Gasteiger partial charge < -0.3 is 13.9 Å². The van der Waals surface area contributed by atoms with E-state index in [1.165, 1.54) is 0 Å². The van der Waals surface area contributed by atoms with Gasteiger partial charge in [0.15, 0.2) is 11.7 Å². The smallest absolute Gasteiger partial charge is 0.212 e. The molecular formula is C21H25N3O5S. The Bertz CT molecular complexity index is 1070. The second kappa shape index (κ2) is 9.27. The van der Waals surface area contributed by atoms with Crippen molar-refractivity contribution in [2.75, 3.05) is 26.5 Å². The first kappa shape index (κ1) is 21.8. The molecule has 0 aliphatic rings. The molecule has 3 aromatic rings. The highest BCUT2D eigenvalue weighted by atomic mass is 32.2. The fraction of sp³-hybridized carbons (Fsp3) is 0.333. The number of oxazole rings is 1. The van der Waals surface area contributed by atoms with Crippen LogP contribution < -0.4 is 14.2 Å². The summed E-state index contributed by atoms with van der Waals surface area (Å²) < 4.78 is 41.3. The Morgan fingerprint density at radius 1 is 1.10 bits per heavy atom. The molecular weight excluding hydrogens is 406 g/mol. The third kappa shape index (κ3) is 5.58. The number of methoxy groups -OCH3 is 1. The molecule has 0 saturated heterocycles. The van der Waals surface area contributed by atoms with Crippen LogP contribution in [0, 0.1) is 0 Å². The summed E-state index contributed by atoms with van der Waals surface area (Å²) in [5.41, 5.74) is 2.38. The number of rotatable bonds is 9. The van der Waals surface area contributed by atoms with Gasteiger partial charge in [-0.1, -0.05) is 13.8 Å². The van der Waals surface area contributed by atoms with E-state index in [0.717, 1.165) is 17.4 Å². The maximum atomic E-state index is 11.1. The molecule has 0 spiro atoms. The van der Waals surface area contributed by atoms with Gasteiger partial charge in [-0.05, 0) is 30.3 Å². The van der Waals surface area contributed by atoms with E-state index in [-0.39, 0.29) is 19.1 Å². The summed E-state index contributed by atoms with van der Waals surface area (Å²) in [5, 5.41) is 0. The fourth-order valence-electron chi connectivity index (χ4n) is 2.71. The number of benzene rings is 1. The summed E-state index contributed by atoms with van der Waals surface area (Å²) in [6, 6.07) is 11.1.